The van der Waals surface area contributed by atoms with Crippen LogP contribution in [0.1, 0.15) is 16.9 Å². The van der Waals surface area contributed by atoms with Gasteiger partial charge in [0.15, 0.2) is 0 Å². The number of carbonyl (C=O) groups is 1. The maximum absolute atomic E-state index is 12.8. The van der Waals surface area contributed by atoms with Gasteiger partial charge in [0.1, 0.15) is 5.69 Å². The van der Waals surface area contributed by atoms with Gasteiger partial charge in [-0.2, -0.15) is 0 Å². The normalized spacial score (nSPS) is 16.4. The molecule has 0 saturated carbocycles. The lowest BCUT2D eigenvalue weighted by Crippen LogP contribution is -2.49. The second-order valence-corrected chi connectivity index (χ2v) is 6.50. The van der Waals surface area contributed by atoms with E-state index in [0.29, 0.717) is 0 Å². The van der Waals surface area contributed by atoms with Gasteiger partial charge in [-0.15, -0.1) is 0 Å². The van der Waals surface area contributed by atoms with Gasteiger partial charge in [-0.05, 0) is 57.9 Å². The Morgan fingerprint density at radius 3 is 2.61 bits per heavy atom. The monoisotopic (exact) mass is 314 g/mol. The molecular weight excluding hydrogens is 288 g/mol. The molecule has 0 spiro atoms. The minimum Gasteiger partial charge on any atom is -0.335 e. The molecule has 5 nitrogen and oxygen atoms in total. The van der Waals surface area contributed by atoms with Crippen LogP contribution in [0.2, 0.25) is 0 Å². The van der Waals surface area contributed by atoms with Crippen molar-refractivity contribution in [2.45, 2.75) is 6.42 Å². The maximum Gasteiger partial charge on any atom is 0.270 e. The van der Waals surface area contributed by atoms with E-state index in [9.17, 15) is 4.79 Å². The summed E-state index contributed by atoms with van der Waals surface area (Å²) < 4.78 is 1.98. The van der Waals surface area contributed by atoms with E-state index >= 15 is 0 Å². The fraction of sp³-hybridized carbons (Fsp3) is 0.500. The third-order valence-electron chi connectivity index (χ3n) is 4.52. The van der Waals surface area contributed by atoms with E-state index in [-0.39, 0.29) is 5.91 Å². The van der Waals surface area contributed by atoms with Crippen LogP contribution in [0.25, 0.3) is 5.52 Å². The van der Waals surface area contributed by atoms with Crippen molar-refractivity contribution in [1.82, 2.24) is 19.1 Å². The molecule has 1 fully saturated rings. The first-order valence-corrected chi connectivity index (χ1v) is 8.37. The smallest absolute Gasteiger partial charge is 0.270 e. The van der Waals surface area contributed by atoms with E-state index in [2.05, 4.69) is 23.9 Å². The largest absolute Gasteiger partial charge is 0.335 e. The number of pyridine rings is 1. The maximum atomic E-state index is 12.8. The zero-order valence-corrected chi connectivity index (χ0v) is 14.1. The Kier molecular flexibility index (Phi) is 4.98. The van der Waals surface area contributed by atoms with Gasteiger partial charge in [0.05, 0.1) is 0 Å². The van der Waals surface area contributed by atoms with Crippen LogP contribution in [0.15, 0.2) is 36.5 Å². The fourth-order valence-electron chi connectivity index (χ4n) is 3.18. The van der Waals surface area contributed by atoms with E-state index in [1.54, 1.807) is 0 Å². The first kappa shape index (κ1) is 16.0. The fourth-order valence-corrected chi connectivity index (χ4v) is 3.18. The Labute approximate surface area is 138 Å². The minimum absolute atomic E-state index is 0.143. The standard InChI is InChI=1S/C18H26N4O/c1-19(2)9-5-10-20-12-14-21(15-13-20)18(23)17-8-7-16-6-3-4-11-22(16)17/h3-4,6-8,11H,5,9-10,12-15H2,1-2H3. The Morgan fingerprint density at radius 1 is 1.09 bits per heavy atom. The van der Waals surface area contributed by atoms with Crippen molar-refractivity contribution in [1.29, 1.82) is 0 Å². The first-order chi connectivity index (χ1) is 11.1. The number of fused-ring (bicyclic) bond motifs is 1. The number of hydrogen-bond donors (Lipinski definition) is 0. The third-order valence-corrected chi connectivity index (χ3v) is 4.52. The summed E-state index contributed by atoms with van der Waals surface area (Å²) >= 11 is 0. The van der Waals surface area contributed by atoms with E-state index in [4.69, 9.17) is 0 Å². The number of piperazine rings is 1. The predicted molar refractivity (Wildman–Crippen MR) is 92.9 cm³/mol. The lowest BCUT2D eigenvalue weighted by Gasteiger charge is -2.34. The van der Waals surface area contributed by atoms with Gasteiger partial charge < -0.3 is 14.2 Å². The summed E-state index contributed by atoms with van der Waals surface area (Å²) in [5.41, 5.74) is 1.83. The highest BCUT2D eigenvalue weighted by atomic mass is 16.2. The molecule has 1 aliphatic rings. The average Bonchev–Trinajstić information content (AvgIpc) is 2.98. The highest BCUT2D eigenvalue weighted by Crippen LogP contribution is 2.14. The van der Waals surface area contributed by atoms with E-state index in [1.807, 2.05) is 45.8 Å². The van der Waals surface area contributed by atoms with Gasteiger partial charge in [-0.1, -0.05) is 6.07 Å². The average molecular weight is 314 g/mol. The van der Waals surface area contributed by atoms with Crippen LogP contribution < -0.4 is 0 Å². The van der Waals surface area contributed by atoms with Gasteiger partial charge in [-0.3, -0.25) is 9.69 Å². The number of carbonyl (C=O) groups excluding carboxylic acids is 1. The minimum atomic E-state index is 0.143. The van der Waals surface area contributed by atoms with Gasteiger partial charge in [0, 0.05) is 37.9 Å². The molecule has 1 amide bonds. The molecular formula is C18H26N4O. The zero-order chi connectivity index (χ0) is 16.2. The predicted octanol–water partition coefficient (Wildman–Crippen LogP) is 1.65. The van der Waals surface area contributed by atoms with E-state index in [0.717, 1.165) is 50.5 Å². The van der Waals surface area contributed by atoms with Gasteiger partial charge >= 0.3 is 0 Å². The Hall–Kier alpha value is -1.85. The molecule has 1 saturated heterocycles. The van der Waals surface area contributed by atoms with Crippen LogP contribution in [0.4, 0.5) is 0 Å². The van der Waals surface area contributed by atoms with Gasteiger partial charge in [0.25, 0.3) is 5.91 Å². The SMILES string of the molecule is CN(C)CCCN1CCN(C(=O)c2ccc3ccccn23)CC1. The Morgan fingerprint density at radius 2 is 1.87 bits per heavy atom. The third kappa shape index (κ3) is 3.74. The molecule has 124 valence electrons. The Bertz CT molecular complexity index is 656. The zero-order valence-electron chi connectivity index (χ0n) is 14.1. The molecule has 1 aliphatic heterocycles. The first-order valence-electron chi connectivity index (χ1n) is 8.37. The molecule has 0 atom stereocenters. The molecule has 2 aromatic heterocycles. The van der Waals surface area contributed by atoms with Crippen LogP contribution in [0.3, 0.4) is 0 Å². The van der Waals surface area contributed by atoms with Crippen molar-refractivity contribution in [3.63, 3.8) is 0 Å². The van der Waals surface area contributed by atoms with E-state index < -0.39 is 0 Å². The van der Waals surface area contributed by atoms with Crippen molar-refractivity contribution in [3.8, 4) is 0 Å². The molecule has 0 radical (unpaired) electrons. The van der Waals surface area contributed by atoms with Crippen molar-refractivity contribution in [3.05, 3.63) is 42.2 Å². The number of hydrogen-bond acceptors (Lipinski definition) is 3. The summed E-state index contributed by atoms with van der Waals surface area (Å²) in [6.45, 7) is 5.83. The van der Waals surface area contributed by atoms with Gasteiger partial charge in [-0.25, -0.2) is 0 Å². The quantitative estimate of drug-likeness (QED) is 0.841. The van der Waals surface area contributed by atoms with Gasteiger partial charge in [0.2, 0.25) is 0 Å². The molecule has 0 bridgehead atoms. The second-order valence-electron chi connectivity index (χ2n) is 6.50. The second kappa shape index (κ2) is 7.15. The number of nitrogens with zero attached hydrogens (tertiary/aromatic N) is 4. The number of aromatic nitrogens is 1. The number of rotatable bonds is 5. The summed E-state index contributed by atoms with van der Waals surface area (Å²) in [6.07, 6.45) is 3.14. The van der Waals surface area contributed by atoms with Crippen molar-refractivity contribution >= 4 is 11.4 Å². The van der Waals surface area contributed by atoms with Crippen LogP contribution in [0.5, 0.6) is 0 Å². The molecule has 0 aliphatic carbocycles. The van der Waals surface area contributed by atoms with Crippen LogP contribution in [0, 0.1) is 0 Å². The summed E-state index contributed by atoms with van der Waals surface area (Å²) in [7, 11) is 4.22. The lowest BCUT2D eigenvalue weighted by molar-refractivity contribution is 0.0627. The van der Waals surface area contributed by atoms with Crippen molar-refractivity contribution < 1.29 is 4.79 Å². The summed E-state index contributed by atoms with van der Waals surface area (Å²) in [5.74, 6) is 0.143. The molecule has 0 aromatic carbocycles. The summed E-state index contributed by atoms with van der Waals surface area (Å²) in [6, 6.07) is 9.92. The molecule has 0 unspecified atom stereocenters. The molecule has 5 heteroatoms. The Balaban J connectivity index is 1.56. The molecule has 3 heterocycles. The molecule has 23 heavy (non-hydrogen) atoms. The summed E-state index contributed by atoms with van der Waals surface area (Å²) in [4.78, 5) is 19.4. The molecule has 3 rings (SSSR count). The summed E-state index contributed by atoms with van der Waals surface area (Å²) in [5, 5.41) is 0. The van der Waals surface area contributed by atoms with Crippen LogP contribution in [-0.4, -0.2) is 78.4 Å². The highest BCUT2D eigenvalue weighted by Gasteiger charge is 2.23. The van der Waals surface area contributed by atoms with E-state index in [1.165, 1.54) is 6.42 Å². The van der Waals surface area contributed by atoms with Crippen LogP contribution in [-0.2, 0) is 0 Å². The highest BCUT2D eigenvalue weighted by molar-refractivity contribution is 5.94. The topological polar surface area (TPSA) is 31.2 Å². The lowest BCUT2D eigenvalue weighted by atomic mass is 10.2. The van der Waals surface area contributed by atoms with Crippen LogP contribution >= 0.6 is 0 Å². The van der Waals surface area contributed by atoms with Crippen molar-refractivity contribution in [2.75, 3.05) is 53.4 Å². The molecule has 0 N–H and O–H groups in total. The number of amides is 1. The van der Waals surface area contributed by atoms with Crippen molar-refractivity contribution in [2.24, 2.45) is 0 Å². The molecule has 2 aromatic rings.